The Bertz CT molecular complexity index is 557. The van der Waals surface area contributed by atoms with Gasteiger partial charge in [-0.2, -0.15) is 5.10 Å². The van der Waals surface area contributed by atoms with Crippen molar-refractivity contribution in [3.8, 4) is 0 Å². The Morgan fingerprint density at radius 3 is 2.80 bits per heavy atom. The van der Waals surface area contributed by atoms with Crippen LogP contribution in [0.2, 0.25) is 4.34 Å². The summed E-state index contributed by atoms with van der Waals surface area (Å²) >= 11 is 7.51. The van der Waals surface area contributed by atoms with Gasteiger partial charge in [-0.3, -0.25) is 4.68 Å². The molecular formula is C15H20ClN3S. The molecule has 5 heteroatoms. The smallest absolute Gasteiger partial charge is 0.0931 e. The van der Waals surface area contributed by atoms with Gasteiger partial charge >= 0.3 is 0 Å². The average Bonchev–Trinajstić information content (AvgIpc) is 3.09. The van der Waals surface area contributed by atoms with Crippen molar-refractivity contribution in [2.75, 3.05) is 0 Å². The van der Waals surface area contributed by atoms with Crippen molar-refractivity contribution >= 4 is 22.9 Å². The number of aromatic nitrogens is 2. The van der Waals surface area contributed by atoms with Gasteiger partial charge in [-0.25, -0.2) is 0 Å². The number of nitrogens with two attached hydrogens (primary N) is 1. The molecule has 20 heavy (non-hydrogen) atoms. The lowest BCUT2D eigenvalue weighted by atomic mass is 9.96. The van der Waals surface area contributed by atoms with Crippen molar-refractivity contribution in [2.24, 2.45) is 5.73 Å². The Balaban J connectivity index is 1.64. The van der Waals surface area contributed by atoms with Crippen LogP contribution in [0.3, 0.4) is 0 Å². The Labute approximate surface area is 128 Å². The van der Waals surface area contributed by atoms with E-state index in [2.05, 4.69) is 16.9 Å². The van der Waals surface area contributed by atoms with Gasteiger partial charge in [0.25, 0.3) is 0 Å². The second-order valence-electron chi connectivity index (χ2n) is 5.53. The molecule has 2 N–H and O–H groups in total. The molecule has 0 amide bonds. The van der Waals surface area contributed by atoms with Gasteiger partial charge in [-0.05, 0) is 31.0 Å². The predicted molar refractivity (Wildman–Crippen MR) is 84.3 cm³/mol. The second kappa shape index (κ2) is 6.29. The van der Waals surface area contributed by atoms with E-state index in [-0.39, 0.29) is 6.04 Å². The molecule has 3 rings (SSSR count). The van der Waals surface area contributed by atoms with Crippen LogP contribution < -0.4 is 5.73 Å². The number of thiophene rings is 1. The summed E-state index contributed by atoms with van der Waals surface area (Å²) in [6, 6.07) is 6.59. The Morgan fingerprint density at radius 2 is 2.10 bits per heavy atom. The van der Waals surface area contributed by atoms with E-state index in [1.54, 1.807) is 11.3 Å². The molecule has 2 heterocycles. The molecule has 0 bridgehead atoms. The summed E-state index contributed by atoms with van der Waals surface area (Å²) in [6.07, 6.45) is 9.42. The zero-order chi connectivity index (χ0) is 13.9. The molecule has 0 saturated heterocycles. The molecule has 1 unspecified atom stereocenters. The quantitative estimate of drug-likeness (QED) is 0.912. The molecule has 0 aromatic carbocycles. The molecule has 3 nitrogen and oxygen atoms in total. The molecule has 1 aliphatic carbocycles. The summed E-state index contributed by atoms with van der Waals surface area (Å²) in [4.78, 5) is 1.13. The van der Waals surface area contributed by atoms with Gasteiger partial charge in [-0.1, -0.05) is 30.9 Å². The maximum absolute atomic E-state index is 6.23. The van der Waals surface area contributed by atoms with Crippen LogP contribution in [0.1, 0.15) is 54.8 Å². The van der Waals surface area contributed by atoms with Crippen molar-refractivity contribution in [1.29, 1.82) is 0 Å². The Morgan fingerprint density at radius 1 is 1.30 bits per heavy atom. The highest BCUT2D eigenvalue weighted by Crippen LogP contribution is 2.29. The molecule has 1 fully saturated rings. The van der Waals surface area contributed by atoms with Crippen molar-refractivity contribution in [3.05, 3.63) is 39.3 Å². The van der Waals surface area contributed by atoms with E-state index in [1.807, 2.05) is 12.1 Å². The largest absolute Gasteiger partial charge is 0.323 e. The first-order valence-corrected chi connectivity index (χ1v) is 8.46. The summed E-state index contributed by atoms with van der Waals surface area (Å²) in [7, 11) is 0. The number of rotatable bonds is 4. The van der Waals surface area contributed by atoms with E-state index < -0.39 is 0 Å². The van der Waals surface area contributed by atoms with Gasteiger partial charge in [0.15, 0.2) is 0 Å². The first-order valence-electron chi connectivity index (χ1n) is 7.27. The predicted octanol–water partition coefficient (Wildman–Crippen LogP) is 4.35. The minimum Gasteiger partial charge on any atom is -0.323 e. The van der Waals surface area contributed by atoms with Gasteiger partial charge < -0.3 is 5.73 Å². The third-order valence-corrected chi connectivity index (χ3v) is 5.36. The molecule has 0 radical (unpaired) electrons. The SMILES string of the molecule is NC(Cc1ccn(C2CCCCC2)n1)c1ccc(Cl)s1. The topological polar surface area (TPSA) is 43.8 Å². The third-order valence-electron chi connectivity index (χ3n) is 4.00. The molecule has 0 spiro atoms. The van der Waals surface area contributed by atoms with Crippen LogP contribution in [0.15, 0.2) is 24.4 Å². The maximum atomic E-state index is 6.23. The lowest BCUT2D eigenvalue weighted by Gasteiger charge is -2.21. The molecule has 1 saturated carbocycles. The van der Waals surface area contributed by atoms with Crippen molar-refractivity contribution in [3.63, 3.8) is 0 Å². The third kappa shape index (κ3) is 3.25. The van der Waals surface area contributed by atoms with Crippen LogP contribution in [0.5, 0.6) is 0 Å². The summed E-state index contributed by atoms with van der Waals surface area (Å²) in [5.41, 5.74) is 7.31. The summed E-state index contributed by atoms with van der Waals surface area (Å²) in [5, 5.41) is 4.71. The van der Waals surface area contributed by atoms with Crippen molar-refractivity contribution in [2.45, 2.75) is 50.6 Å². The number of hydrogen-bond acceptors (Lipinski definition) is 3. The first-order chi connectivity index (χ1) is 9.72. The van der Waals surface area contributed by atoms with Crippen LogP contribution in [0, 0.1) is 0 Å². The van der Waals surface area contributed by atoms with E-state index in [0.29, 0.717) is 6.04 Å². The summed E-state index contributed by atoms with van der Waals surface area (Å²) in [6.45, 7) is 0. The zero-order valence-electron chi connectivity index (χ0n) is 11.5. The Kier molecular flexibility index (Phi) is 4.44. The standard InChI is InChI=1S/C15H20ClN3S/c16-15-7-6-14(20-15)13(17)10-11-8-9-19(18-11)12-4-2-1-3-5-12/h6-9,12-13H,1-5,10,17H2. The summed E-state index contributed by atoms with van der Waals surface area (Å²) < 4.78 is 2.94. The Hall–Kier alpha value is -0.840. The van der Waals surface area contributed by atoms with E-state index in [1.165, 1.54) is 32.1 Å². The van der Waals surface area contributed by atoms with Gasteiger partial charge in [0.05, 0.1) is 16.1 Å². The maximum Gasteiger partial charge on any atom is 0.0931 e. The van der Waals surface area contributed by atoms with E-state index in [0.717, 1.165) is 21.3 Å². The van der Waals surface area contributed by atoms with Gasteiger partial charge in [-0.15, -0.1) is 11.3 Å². The fraction of sp³-hybridized carbons (Fsp3) is 0.533. The zero-order valence-corrected chi connectivity index (χ0v) is 13.0. The van der Waals surface area contributed by atoms with E-state index in [9.17, 15) is 0 Å². The second-order valence-corrected chi connectivity index (χ2v) is 7.28. The highest BCUT2D eigenvalue weighted by atomic mass is 35.5. The van der Waals surface area contributed by atoms with Gasteiger partial charge in [0.1, 0.15) is 0 Å². The fourth-order valence-corrected chi connectivity index (χ4v) is 3.95. The van der Waals surface area contributed by atoms with Gasteiger partial charge in [0, 0.05) is 23.5 Å². The number of hydrogen-bond donors (Lipinski definition) is 1. The minimum absolute atomic E-state index is 0.0118. The normalized spacial score (nSPS) is 18.3. The van der Waals surface area contributed by atoms with E-state index >= 15 is 0 Å². The summed E-state index contributed by atoms with van der Waals surface area (Å²) in [5.74, 6) is 0. The number of halogens is 1. The van der Waals surface area contributed by atoms with Gasteiger partial charge in [0.2, 0.25) is 0 Å². The van der Waals surface area contributed by atoms with Crippen molar-refractivity contribution < 1.29 is 0 Å². The van der Waals surface area contributed by atoms with Crippen LogP contribution in [0.4, 0.5) is 0 Å². The lowest BCUT2D eigenvalue weighted by molar-refractivity contribution is 0.328. The van der Waals surface area contributed by atoms with Crippen LogP contribution >= 0.6 is 22.9 Å². The molecule has 108 valence electrons. The first kappa shape index (κ1) is 14.1. The molecular weight excluding hydrogens is 290 g/mol. The highest BCUT2D eigenvalue weighted by molar-refractivity contribution is 7.16. The fourth-order valence-electron chi connectivity index (χ4n) is 2.89. The number of nitrogens with zero attached hydrogens (tertiary/aromatic N) is 2. The monoisotopic (exact) mass is 309 g/mol. The van der Waals surface area contributed by atoms with Crippen LogP contribution in [-0.4, -0.2) is 9.78 Å². The van der Waals surface area contributed by atoms with Crippen LogP contribution in [0.25, 0.3) is 0 Å². The average molecular weight is 310 g/mol. The molecule has 1 aliphatic rings. The molecule has 1 atom stereocenters. The lowest BCUT2D eigenvalue weighted by Crippen LogP contribution is -2.15. The molecule has 0 aliphatic heterocycles. The minimum atomic E-state index is -0.0118. The molecule has 2 aromatic rings. The van der Waals surface area contributed by atoms with Crippen LogP contribution in [-0.2, 0) is 6.42 Å². The highest BCUT2D eigenvalue weighted by Gasteiger charge is 2.17. The van der Waals surface area contributed by atoms with E-state index in [4.69, 9.17) is 22.4 Å². The molecule has 2 aromatic heterocycles. The van der Waals surface area contributed by atoms with Crippen molar-refractivity contribution in [1.82, 2.24) is 9.78 Å².